The zero-order valence-electron chi connectivity index (χ0n) is 10.8. The fraction of sp³-hybridized carbons (Fsp3) is 0.500. The molecule has 5 heteroatoms. The summed E-state index contributed by atoms with van der Waals surface area (Å²) in [5, 5.41) is 15.4. The van der Waals surface area contributed by atoms with Crippen LogP contribution in [0.25, 0.3) is 0 Å². The van der Waals surface area contributed by atoms with E-state index in [1.807, 2.05) is 30.3 Å². The molecule has 2 rings (SSSR count). The standard InChI is InChI=1S/C14H20N2O3/c17-13-9-15-8-12(13)6-7-16-14(18)19-10-11-4-2-1-3-5-11/h1-5,12-13,15,17H,6-10H2,(H,16,18)/t12-,13-/m0/s1. The number of hydrogen-bond acceptors (Lipinski definition) is 4. The molecule has 0 aromatic heterocycles. The maximum absolute atomic E-state index is 11.5. The lowest BCUT2D eigenvalue weighted by Crippen LogP contribution is -2.29. The number of hydrogen-bond donors (Lipinski definition) is 3. The molecule has 1 aliphatic heterocycles. The van der Waals surface area contributed by atoms with E-state index in [-0.39, 0.29) is 18.6 Å². The van der Waals surface area contributed by atoms with Crippen LogP contribution in [0.5, 0.6) is 0 Å². The Balaban J connectivity index is 1.60. The second-order valence-electron chi connectivity index (χ2n) is 4.76. The molecule has 2 atom stereocenters. The smallest absolute Gasteiger partial charge is 0.407 e. The lowest BCUT2D eigenvalue weighted by molar-refractivity contribution is 0.130. The molecule has 0 saturated carbocycles. The summed E-state index contributed by atoms with van der Waals surface area (Å²) in [5.41, 5.74) is 0.966. The van der Waals surface area contributed by atoms with Gasteiger partial charge in [-0.1, -0.05) is 30.3 Å². The summed E-state index contributed by atoms with van der Waals surface area (Å²) in [4.78, 5) is 11.5. The second-order valence-corrected chi connectivity index (χ2v) is 4.76. The number of nitrogens with one attached hydrogen (secondary N) is 2. The summed E-state index contributed by atoms with van der Waals surface area (Å²) >= 11 is 0. The van der Waals surface area contributed by atoms with Gasteiger partial charge < -0.3 is 20.5 Å². The van der Waals surface area contributed by atoms with Crippen molar-refractivity contribution in [2.75, 3.05) is 19.6 Å². The number of amides is 1. The highest BCUT2D eigenvalue weighted by Gasteiger charge is 2.24. The molecule has 1 aromatic rings. The molecule has 1 aromatic carbocycles. The van der Waals surface area contributed by atoms with Crippen molar-refractivity contribution in [3.8, 4) is 0 Å². The van der Waals surface area contributed by atoms with Gasteiger partial charge in [-0.3, -0.25) is 0 Å². The maximum atomic E-state index is 11.5. The van der Waals surface area contributed by atoms with Gasteiger partial charge >= 0.3 is 6.09 Å². The van der Waals surface area contributed by atoms with Crippen molar-refractivity contribution in [1.29, 1.82) is 0 Å². The Hall–Kier alpha value is -1.59. The van der Waals surface area contributed by atoms with E-state index in [1.54, 1.807) is 0 Å². The summed E-state index contributed by atoms with van der Waals surface area (Å²) in [7, 11) is 0. The number of aliphatic hydroxyl groups excluding tert-OH is 1. The van der Waals surface area contributed by atoms with Gasteiger partial charge in [0.05, 0.1) is 6.10 Å². The van der Waals surface area contributed by atoms with E-state index in [2.05, 4.69) is 10.6 Å². The van der Waals surface area contributed by atoms with Gasteiger partial charge in [-0.2, -0.15) is 0 Å². The zero-order valence-corrected chi connectivity index (χ0v) is 10.8. The Labute approximate surface area is 113 Å². The third-order valence-corrected chi connectivity index (χ3v) is 3.30. The molecule has 1 amide bonds. The van der Waals surface area contributed by atoms with E-state index in [9.17, 15) is 9.90 Å². The summed E-state index contributed by atoms with van der Waals surface area (Å²) < 4.78 is 5.09. The number of carbonyl (C=O) groups is 1. The molecule has 1 fully saturated rings. The molecule has 3 N–H and O–H groups in total. The highest BCUT2D eigenvalue weighted by atomic mass is 16.5. The number of rotatable bonds is 5. The van der Waals surface area contributed by atoms with Gasteiger partial charge in [-0.05, 0) is 12.0 Å². The van der Waals surface area contributed by atoms with Gasteiger partial charge in [-0.15, -0.1) is 0 Å². The monoisotopic (exact) mass is 264 g/mol. The van der Waals surface area contributed by atoms with Crippen LogP contribution in [-0.4, -0.2) is 36.9 Å². The minimum atomic E-state index is -0.413. The third-order valence-electron chi connectivity index (χ3n) is 3.30. The number of aliphatic hydroxyl groups is 1. The maximum Gasteiger partial charge on any atom is 0.407 e. The highest BCUT2D eigenvalue weighted by molar-refractivity contribution is 5.67. The van der Waals surface area contributed by atoms with Crippen LogP contribution in [0.1, 0.15) is 12.0 Å². The average molecular weight is 264 g/mol. The van der Waals surface area contributed by atoms with E-state index in [0.717, 1.165) is 18.5 Å². The van der Waals surface area contributed by atoms with Crippen LogP contribution in [0, 0.1) is 5.92 Å². The molecular weight excluding hydrogens is 244 g/mol. The summed E-state index contributed by atoms with van der Waals surface area (Å²) in [5.74, 6) is 0.217. The van der Waals surface area contributed by atoms with Crippen LogP contribution in [0.4, 0.5) is 4.79 Å². The molecule has 1 heterocycles. The summed E-state index contributed by atoms with van der Waals surface area (Å²) in [6, 6.07) is 9.56. The molecule has 0 bridgehead atoms. The van der Waals surface area contributed by atoms with E-state index in [0.29, 0.717) is 13.1 Å². The predicted octanol–water partition coefficient (Wildman–Crippen LogP) is 0.883. The van der Waals surface area contributed by atoms with Crippen LogP contribution in [0.3, 0.4) is 0 Å². The Morgan fingerprint density at radius 3 is 2.84 bits per heavy atom. The zero-order chi connectivity index (χ0) is 13.5. The van der Waals surface area contributed by atoms with Crippen LogP contribution >= 0.6 is 0 Å². The molecular formula is C14H20N2O3. The van der Waals surface area contributed by atoms with Crippen molar-refractivity contribution in [2.45, 2.75) is 19.1 Å². The van der Waals surface area contributed by atoms with Crippen molar-refractivity contribution >= 4 is 6.09 Å². The first-order valence-electron chi connectivity index (χ1n) is 6.59. The Morgan fingerprint density at radius 1 is 1.37 bits per heavy atom. The fourth-order valence-corrected chi connectivity index (χ4v) is 2.15. The Morgan fingerprint density at radius 2 is 2.16 bits per heavy atom. The van der Waals surface area contributed by atoms with Gasteiger partial charge in [-0.25, -0.2) is 4.79 Å². The van der Waals surface area contributed by atoms with Gasteiger partial charge in [0.2, 0.25) is 0 Å². The minimum absolute atomic E-state index is 0.217. The molecule has 0 unspecified atom stereocenters. The van der Waals surface area contributed by atoms with E-state index >= 15 is 0 Å². The predicted molar refractivity (Wildman–Crippen MR) is 71.6 cm³/mol. The van der Waals surface area contributed by atoms with Crippen molar-refractivity contribution < 1.29 is 14.6 Å². The van der Waals surface area contributed by atoms with Crippen molar-refractivity contribution in [3.05, 3.63) is 35.9 Å². The SMILES string of the molecule is O=C(NCC[C@H]1CNC[C@@H]1O)OCc1ccccc1. The van der Waals surface area contributed by atoms with Crippen molar-refractivity contribution in [3.63, 3.8) is 0 Å². The normalized spacial score (nSPS) is 22.2. The molecule has 5 nitrogen and oxygen atoms in total. The molecule has 0 aliphatic carbocycles. The van der Waals surface area contributed by atoms with Crippen molar-refractivity contribution in [2.24, 2.45) is 5.92 Å². The van der Waals surface area contributed by atoms with Gasteiger partial charge in [0.15, 0.2) is 0 Å². The van der Waals surface area contributed by atoms with E-state index < -0.39 is 6.09 Å². The van der Waals surface area contributed by atoms with Crippen LogP contribution in [0.15, 0.2) is 30.3 Å². The topological polar surface area (TPSA) is 70.6 Å². The quantitative estimate of drug-likeness (QED) is 0.738. The van der Waals surface area contributed by atoms with E-state index in [4.69, 9.17) is 4.74 Å². The fourth-order valence-electron chi connectivity index (χ4n) is 2.15. The first kappa shape index (κ1) is 13.8. The van der Waals surface area contributed by atoms with Crippen LogP contribution < -0.4 is 10.6 Å². The Bertz CT molecular complexity index is 397. The summed E-state index contributed by atoms with van der Waals surface area (Å²) in [6.07, 6.45) is 0.0423. The number of ether oxygens (including phenoxy) is 1. The molecule has 0 spiro atoms. The first-order valence-corrected chi connectivity index (χ1v) is 6.59. The van der Waals surface area contributed by atoms with Gasteiger partial charge in [0, 0.05) is 25.6 Å². The number of β-amino-alcohol motifs (C(OH)–C–C–N with tert-alkyl or cyclic N) is 1. The largest absolute Gasteiger partial charge is 0.445 e. The highest BCUT2D eigenvalue weighted by Crippen LogP contribution is 2.12. The minimum Gasteiger partial charge on any atom is -0.445 e. The molecule has 1 saturated heterocycles. The average Bonchev–Trinajstić information content (AvgIpc) is 2.83. The second kappa shape index (κ2) is 7.11. The van der Waals surface area contributed by atoms with Crippen LogP contribution in [0.2, 0.25) is 0 Å². The van der Waals surface area contributed by atoms with Crippen LogP contribution in [-0.2, 0) is 11.3 Å². The lowest BCUT2D eigenvalue weighted by Gasteiger charge is -2.13. The van der Waals surface area contributed by atoms with Gasteiger partial charge in [0.25, 0.3) is 0 Å². The first-order chi connectivity index (χ1) is 9.25. The van der Waals surface area contributed by atoms with Crippen molar-refractivity contribution in [1.82, 2.24) is 10.6 Å². The Kier molecular flexibility index (Phi) is 5.18. The van der Waals surface area contributed by atoms with Gasteiger partial charge in [0.1, 0.15) is 6.61 Å². The molecule has 19 heavy (non-hydrogen) atoms. The molecule has 0 radical (unpaired) electrons. The van der Waals surface area contributed by atoms with E-state index in [1.165, 1.54) is 0 Å². The number of alkyl carbamates (subject to hydrolysis) is 1. The number of carbonyl (C=O) groups excluding carboxylic acids is 1. The molecule has 1 aliphatic rings. The lowest BCUT2D eigenvalue weighted by atomic mass is 10.0. The number of benzene rings is 1. The third kappa shape index (κ3) is 4.54. The summed E-state index contributed by atoms with van der Waals surface area (Å²) in [6.45, 7) is 2.25. The molecule has 104 valence electrons.